The highest BCUT2D eigenvalue weighted by molar-refractivity contribution is 5.86. The summed E-state index contributed by atoms with van der Waals surface area (Å²) in [6, 6.07) is 0. The molecule has 5 rings (SSSR count). The molecule has 5 aliphatic rings. The van der Waals surface area contributed by atoms with Crippen molar-refractivity contribution in [3.05, 3.63) is 12.2 Å². The summed E-state index contributed by atoms with van der Waals surface area (Å²) in [6.07, 6.45) is 13.7. The van der Waals surface area contributed by atoms with Gasteiger partial charge in [-0.15, -0.1) is 0 Å². The number of fused-ring (bicyclic) bond motifs is 2. The normalized spacial score (nSPS) is 51.5. The van der Waals surface area contributed by atoms with Crippen molar-refractivity contribution in [3.8, 4) is 0 Å². The number of aliphatic hydroxyl groups excluding tert-OH is 1. The van der Waals surface area contributed by atoms with Gasteiger partial charge in [0.25, 0.3) is 0 Å². The lowest BCUT2D eigenvalue weighted by Crippen LogP contribution is -2.61. The molecule has 0 aromatic heterocycles. The van der Waals surface area contributed by atoms with Crippen molar-refractivity contribution < 1.29 is 15.0 Å². The van der Waals surface area contributed by atoms with E-state index in [1.54, 1.807) is 0 Å². The van der Waals surface area contributed by atoms with Crippen LogP contribution in [0.5, 0.6) is 0 Å². The van der Waals surface area contributed by atoms with E-state index in [1.807, 2.05) is 19.9 Å². The number of aliphatic hydroxyl groups is 2. The van der Waals surface area contributed by atoms with Gasteiger partial charge in [0.05, 0.1) is 11.7 Å². The molecule has 0 amide bonds. The first kappa shape index (κ1) is 24.0. The number of ketones is 1. The molecule has 0 aromatic rings. The summed E-state index contributed by atoms with van der Waals surface area (Å²) < 4.78 is 0. The van der Waals surface area contributed by atoms with Crippen LogP contribution in [0.1, 0.15) is 106 Å². The lowest BCUT2D eigenvalue weighted by atomic mass is 9.41. The largest absolute Gasteiger partial charge is 0.393 e. The molecule has 5 fully saturated rings. The molecule has 2 spiro atoms. The average molecular weight is 457 g/mol. The Kier molecular flexibility index (Phi) is 5.07. The minimum atomic E-state index is -0.747. The zero-order valence-corrected chi connectivity index (χ0v) is 22.2. The topological polar surface area (TPSA) is 57.5 Å². The van der Waals surface area contributed by atoms with E-state index in [9.17, 15) is 15.0 Å². The second-order valence-corrected chi connectivity index (χ2v) is 14.7. The third-order valence-electron chi connectivity index (χ3n) is 12.6. The number of carbonyl (C=O) groups is 1. The standard InChI is InChI=1S/C30H48O3/c1-19(9-8-12-25(2,3)33)20-10-13-28(7)24-21(31)17-22-26(4,5)23(32)11-14-29(22)18-30(24,29)16-15-27(20,28)6/h8,12,19-22,24,31,33H,9-11,13-18H2,1-7H3/b12-8+/t19-,20-,21+,22+,24+,27-,28+,29-,30+/m1/s1. The fraction of sp³-hybridized carbons (Fsp3) is 0.900. The summed E-state index contributed by atoms with van der Waals surface area (Å²) in [5.74, 6) is 2.40. The van der Waals surface area contributed by atoms with Gasteiger partial charge in [0.1, 0.15) is 5.78 Å². The monoisotopic (exact) mass is 456 g/mol. The second kappa shape index (κ2) is 6.96. The van der Waals surface area contributed by atoms with Crippen LogP contribution >= 0.6 is 0 Å². The van der Waals surface area contributed by atoms with Crippen LogP contribution in [-0.4, -0.2) is 27.7 Å². The van der Waals surface area contributed by atoms with E-state index in [0.29, 0.717) is 34.9 Å². The highest BCUT2D eigenvalue weighted by atomic mass is 16.3. The average Bonchev–Trinajstić information content (AvgIpc) is 3.26. The van der Waals surface area contributed by atoms with Gasteiger partial charge in [0.2, 0.25) is 0 Å². The van der Waals surface area contributed by atoms with Crippen LogP contribution in [0.4, 0.5) is 0 Å². The molecule has 5 saturated carbocycles. The van der Waals surface area contributed by atoms with Gasteiger partial charge in [0, 0.05) is 11.8 Å². The Bertz CT molecular complexity index is 866. The Labute approximate surface area is 201 Å². The van der Waals surface area contributed by atoms with Crippen LogP contribution in [0.15, 0.2) is 12.2 Å². The van der Waals surface area contributed by atoms with Crippen molar-refractivity contribution in [1.29, 1.82) is 0 Å². The number of hydrogen-bond acceptors (Lipinski definition) is 3. The molecule has 0 radical (unpaired) electrons. The highest BCUT2D eigenvalue weighted by Gasteiger charge is 2.83. The van der Waals surface area contributed by atoms with Crippen LogP contribution in [-0.2, 0) is 4.79 Å². The van der Waals surface area contributed by atoms with E-state index in [4.69, 9.17) is 0 Å². The van der Waals surface area contributed by atoms with E-state index in [2.05, 4.69) is 40.7 Å². The Morgan fingerprint density at radius 2 is 1.76 bits per heavy atom. The smallest absolute Gasteiger partial charge is 0.138 e. The zero-order chi connectivity index (χ0) is 24.2. The molecular weight excluding hydrogens is 408 g/mol. The lowest BCUT2D eigenvalue weighted by Gasteiger charge is -2.63. The minimum absolute atomic E-state index is 0.170. The van der Waals surface area contributed by atoms with Gasteiger partial charge in [-0.2, -0.15) is 0 Å². The molecule has 3 heteroatoms. The Balaban J connectivity index is 1.44. The molecule has 186 valence electrons. The minimum Gasteiger partial charge on any atom is -0.393 e. The van der Waals surface area contributed by atoms with Crippen LogP contribution in [0.2, 0.25) is 0 Å². The zero-order valence-electron chi connectivity index (χ0n) is 22.2. The van der Waals surface area contributed by atoms with Gasteiger partial charge in [-0.25, -0.2) is 0 Å². The Morgan fingerprint density at radius 3 is 2.42 bits per heavy atom. The number of Topliss-reactive ketones (excluding diaryl/α,β-unsaturated/α-hetero) is 1. The van der Waals surface area contributed by atoms with Gasteiger partial charge in [-0.1, -0.05) is 46.8 Å². The predicted octanol–water partition coefficient (Wildman–Crippen LogP) is 6.32. The maximum absolute atomic E-state index is 12.9. The van der Waals surface area contributed by atoms with E-state index >= 15 is 0 Å². The van der Waals surface area contributed by atoms with E-state index in [-0.39, 0.29) is 27.8 Å². The molecule has 0 unspecified atom stereocenters. The highest BCUT2D eigenvalue weighted by Crippen LogP contribution is 2.88. The summed E-state index contributed by atoms with van der Waals surface area (Å²) in [7, 11) is 0. The van der Waals surface area contributed by atoms with Crippen molar-refractivity contribution in [2.45, 2.75) is 118 Å². The maximum atomic E-state index is 12.9. The van der Waals surface area contributed by atoms with E-state index in [1.165, 1.54) is 32.1 Å². The summed E-state index contributed by atoms with van der Waals surface area (Å²) >= 11 is 0. The number of carbonyl (C=O) groups excluding carboxylic acids is 1. The SMILES string of the molecule is C[C@H](C/C=C/C(C)(C)O)[C@H]1CC[C@@]2(C)[C@@H]3[C@@H](O)C[C@H]4C(C)(C)C(=O)CC[C@@]45C[C@@]35CC[C@]12C. The lowest BCUT2D eigenvalue weighted by molar-refractivity contribution is -0.189. The second-order valence-electron chi connectivity index (χ2n) is 14.7. The first-order valence-electron chi connectivity index (χ1n) is 13.8. The van der Waals surface area contributed by atoms with Crippen LogP contribution < -0.4 is 0 Å². The molecule has 3 nitrogen and oxygen atoms in total. The summed E-state index contributed by atoms with van der Waals surface area (Å²) in [5.41, 5.74) is -0.0391. The first-order chi connectivity index (χ1) is 15.1. The molecule has 0 saturated heterocycles. The van der Waals surface area contributed by atoms with Gasteiger partial charge in [0.15, 0.2) is 0 Å². The van der Waals surface area contributed by atoms with Gasteiger partial charge < -0.3 is 10.2 Å². The molecule has 0 aromatic carbocycles. The summed E-state index contributed by atoms with van der Waals surface area (Å²) in [6.45, 7) is 15.5. The maximum Gasteiger partial charge on any atom is 0.138 e. The van der Waals surface area contributed by atoms with Crippen molar-refractivity contribution in [2.75, 3.05) is 0 Å². The fourth-order valence-electron chi connectivity index (χ4n) is 10.9. The Morgan fingerprint density at radius 1 is 1.06 bits per heavy atom. The Hall–Kier alpha value is -0.670. The molecule has 0 bridgehead atoms. The van der Waals surface area contributed by atoms with Crippen LogP contribution in [0.25, 0.3) is 0 Å². The molecule has 9 atom stereocenters. The molecule has 5 aliphatic carbocycles. The van der Waals surface area contributed by atoms with E-state index in [0.717, 1.165) is 25.7 Å². The first-order valence-corrected chi connectivity index (χ1v) is 13.8. The molecule has 33 heavy (non-hydrogen) atoms. The van der Waals surface area contributed by atoms with E-state index < -0.39 is 5.60 Å². The molecular formula is C30H48O3. The van der Waals surface area contributed by atoms with Crippen molar-refractivity contribution in [2.24, 2.45) is 50.7 Å². The molecule has 0 heterocycles. The summed E-state index contributed by atoms with van der Waals surface area (Å²) in [4.78, 5) is 12.9. The van der Waals surface area contributed by atoms with Crippen molar-refractivity contribution in [1.82, 2.24) is 0 Å². The van der Waals surface area contributed by atoms with Crippen molar-refractivity contribution in [3.63, 3.8) is 0 Å². The third kappa shape index (κ3) is 2.97. The molecule has 2 N–H and O–H groups in total. The fourth-order valence-corrected chi connectivity index (χ4v) is 10.9. The summed E-state index contributed by atoms with van der Waals surface area (Å²) in [5, 5.41) is 21.9. The number of rotatable bonds is 4. The van der Waals surface area contributed by atoms with Crippen LogP contribution in [0.3, 0.4) is 0 Å². The predicted molar refractivity (Wildman–Crippen MR) is 132 cm³/mol. The van der Waals surface area contributed by atoms with Gasteiger partial charge in [-0.05, 0) is 111 Å². The van der Waals surface area contributed by atoms with Crippen LogP contribution in [0, 0.1) is 50.7 Å². The quantitative estimate of drug-likeness (QED) is 0.487. The number of hydrogen-bond donors (Lipinski definition) is 2. The van der Waals surface area contributed by atoms with Gasteiger partial charge in [-0.3, -0.25) is 4.79 Å². The number of allylic oxidation sites excluding steroid dienone is 1. The van der Waals surface area contributed by atoms with Gasteiger partial charge >= 0.3 is 0 Å². The van der Waals surface area contributed by atoms with Crippen molar-refractivity contribution >= 4 is 5.78 Å². The molecule has 0 aliphatic heterocycles. The third-order valence-corrected chi connectivity index (χ3v) is 12.6.